The van der Waals surface area contributed by atoms with Gasteiger partial charge in [-0.1, -0.05) is 23.7 Å². The fourth-order valence-corrected chi connectivity index (χ4v) is 2.96. The standard InChI is InChI=1S/C16H13ClN2O2S/c1-10(20)18-8-13-5-6-15(21-13)14-9-22-16(19-14)11-3-2-4-12(17)7-11/h2-7,9H,8H2,1H3,(H,18,20). The molecule has 3 aromatic rings. The first-order valence-corrected chi connectivity index (χ1v) is 7.92. The van der Waals surface area contributed by atoms with Gasteiger partial charge in [0.05, 0.1) is 6.54 Å². The number of nitrogens with one attached hydrogen (secondary N) is 1. The van der Waals surface area contributed by atoms with E-state index in [1.165, 1.54) is 18.3 Å². The summed E-state index contributed by atoms with van der Waals surface area (Å²) < 4.78 is 5.70. The van der Waals surface area contributed by atoms with Gasteiger partial charge in [-0.3, -0.25) is 4.79 Å². The van der Waals surface area contributed by atoms with E-state index in [4.69, 9.17) is 16.0 Å². The van der Waals surface area contributed by atoms with E-state index < -0.39 is 0 Å². The van der Waals surface area contributed by atoms with Gasteiger partial charge in [-0.2, -0.15) is 0 Å². The fraction of sp³-hybridized carbons (Fsp3) is 0.125. The van der Waals surface area contributed by atoms with E-state index in [0.29, 0.717) is 23.1 Å². The van der Waals surface area contributed by atoms with Gasteiger partial charge >= 0.3 is 0 Å². The number of furan rings is 1. The second-order valence-electron chi connectivity index (χ2n) is 4.72. The van der Waals surface area contributed by atoms with Gasteiger partial charge in [-0.15, -0.1) is 11.3 Å². The summed E-state index contributed by atoms with van der Waals surface area (Å²) in [7, 11) is 0. The molecule has 0 fully saturated rings. The third-order valence-electron chi connectivity index (χ3n) is 3.00. The lowest BCUT2D eigenvalue weighted by atomic mass is 10.2. The summed E-state index contributed by atoms with van der Waals surface area (Å²) in [6, 6.07) is 11.3. The number of nitrogens with zero attached hydrogens (tertiary/aromatic N) is 1. The number of amides is 1. The number of carbonyl (C=O) groups excluding carboxylic acids is 1. The smallest absolute Gasteiger partial charge is 0.217 e. The Labute approximate surface area is 136 Å². The molecule has 1 N–H and O–H groups in total. The summed E-state index contributed by atoms with van der Waals surface area (Å²) in [5, 5.41) is 6.21. The average molecular weight is 333 g/mol. The summed E-state index contributed by atoms with van der Waals surface area (Å²) in [4.78, 5) is 15.5. The number of rotatable bonds is 4. The zero-order chi connectivity index (χ0) is 15.5. The number of benzene rings is 1. The minimum absolute atomic E-state index is 0.0881. The van der Waals surface area contributed by atoms with Gasteiger partial charge in [0.1, 0.15) is 16.5 Å². The molecule has 2 aromatic heterocycles. The van der Waals surface area contributed by atoms with Crippen molar-refractivity contribution in [2.24, 2.45) is 0 Å². The van der Waals surface area contributed by atoms with Crippen molar-refractivity contribution in [3.63, 3.8) is 0 Å². The van der Waals surface area contributed by atoms with Crippen LogP contribution < -0.4 is 5.32 Å². The normalized spacial score (nSPS) is 10.6. The van der Waals surface area contributed by atoms with Gasteiger partial charge in [0.15, 0.2) is 5.76 Å². The van der Waals surface area contributed by atoms with E-state index in [-0.39, 0.29) is 5.91 Å². The zero-order valence-electron chi connectivity index (χ0n) is 11.8. The lowest BCUT2D eigenvalue weighted by Gasteiger charge is -1.97. The summed E-state index contributed by atoms with van der Waals surface area (Å²) in [6.45, 7) is 1.85. The second-order valence-corrected chi connectivity index (χ2v) is 6.02. The highest BCUT2D eigenvalue weighted by Gasteiger charge is 2.11. The fourth-order valence-electron chi connectivity index (χ4n) is 1.96. The van der Waals surface area contributed by atoms with E-state index in [0.717, 1.165) is 16.3 Å². The number of thiazole rings is 1. The number of aromatic nitrogens is 1. The molecule has 0 spiro atoms. The third-order valence-corrected chi connectivity index (χ3v) is 4.13. The van der Waals surface area contributed by atoms with Crippen LogP contribution in [-0.2, 0) is 11.3 Å². The molecular formula is C16H13ClN2O2S. The molecular weight excluding hydrogens is 320 g/mol. The van der Waals surface area contributed by atoms with Crippen LogP contribution in [0.3, 0.4) is 0 Å². The minimum atomic E-state index is -0.0881. The third kappa shape index (κ3) is 3.37. The van der Waals surface area contributed by atoms with Crippen LogP contribution in [0, 0.1) is 0 Å². The molecule has 0 saturated heterocycles. The molecule has 1 aromatic carbocycles. The minimum Gasteiger partial charge on any atom is -0.458 e. The van der Waals surface area contributed by atoms with E-state index in [9.17, 15) is 4.79 Å². The number of halogens is 1. The Balaban J connectivity index is 1.80. The maximum atomic E-state index is 10.9. The lowest BCUT2D eigenvalue weighted by molar-refractivity contribution is -0.119. The van der Waals surface area contributed by atoms with Crippen LogP contribution >= 0.6 is 22.9 Å². The summed E-state index contributed by atoms with van der Waals surface area (Å²) in [5.41, 5.74) is 1.75. The molecule has 4 nitrogen and oxygen atoms in total. The van der Waals surface area contributed by atoms with Crippen molar-refractivity contribution in [3.8, 4) is 22.0 Å². The predicted molar refractivity (Wildman–Crippen MR) is 87.8 cm³/mol. The lowest BCUT2D eigenvalue weighted by Crippen LogP contribution is -2.18. The molecule has 0 atom stereocenters. The highest BCUT2D eigenvalue weighted by molar-refractivity contribution is 7.13. The Morgan fingerprint density at radius 1 is 1.36 bits per heavy atom. The largest absolute Gasteiger partial charge is 0.458 e. The van der Waals surface area contributed by atoms with Gasteiger partial charge in [-0.25, -0.2) is 4.98 Å². The van der Waals surface area contributed by atoms with Gasteiger partial charge in [-0.05, 0) is 24.3 Å². The molecule has 0 bridgehead atoms. The van der Waals surface area contributed by atoms with E-state index >= 15 is 0 Å². The van der Waals surface area contributed by atoms with Crippen molar-refractivity contribution in [2.45, 2.75) is 13.5 Å². The van der Waals surface area contributed by atoms with Crippen LogP contribution in [0.4, 0.5) is 0 Å². The Hall–Kier alpha value is -2.11. The average Bonchev–Trinajstić information content (AvgIpc) is 3.14. The van der Waals surface area contributed by atoms with Crippen molar-refractivity contribution in [3.05, 3.63) is 52.6 Å². The second kappa shape index (κ2) is 6.34. The molecule has 0 aliphatic rings. The quantitative estimate of drug-likeness (QED) is 0.772. The molecule has 6 heteroatoms. The van der Waals surface area contributed by atoms with Crippen LogP contribution in [0.2, 0.25) is 5.02 Å². The molecule has 1 amide bonds. The van der Waals surface area contributed by atoms with Gasteiger partial charge in [0.25, 0.3) is 0 Å². The van der Waals surface area contributed by atoms with Crippen LogP contribution in [0.15, 0.2) is 46.2 Å². The van der Waals surface area contributed by atoms with Crippen molar-refractivity contribution < 1.29 is 9.21 Å². The van der Waals surface area contributed by atoms with Gasteiger partial charge < -0.3 is 9.73 Å². The maximum absolute atomic E-state index is 10.9. The monoisotopic (exact) mass is 332 g/mol. The maximum Gasteiger partial charge on any atom is 0.217 e. The molecule has 112 valence electrons. The van der Waals surface area contributed by atoms with Crippen molar-refractivity contribution in [1.29, 1.82) is 0 Å². The molecule has 3 rings (SSSR count). The van der Waals surface area contributed by atoms with E-state index in [1.807, 2.05) is 41.8 Å². The van der Waals surface area contributed by atoms with Crippen molar-refractivity contribution in [2.75, 3.05) is 0 Å². The first-order valence-electron chi connectivity index (χ1n) is 6.67. The van der Waals surface area contributed by atoms with Crippen molar-refractivity contribution in [1.82, 2.24) is 10.3 Å². The Morgan fingerprint density at radius 3 is 3.00 bits per heavy atom. The van der Waals surface area contributed by atoms with Crippen molar-refractivity contribution >= 4 is 28.8 Å². The molecule has 0 saturated carbocycles. The predicted octanol–water partition coefficient (Wildman–Crippen LogP) is 4.36. The Morgan fingerprint density at radius 2 is 2.23 bits per heavy atom. The van der Waals surface area contributed by atoms with Crippen LogP contribution in [0.1, 0.15) is 12.7 Å². The molecule has 0 unspecified atom stereocenters. The number of hydrogen-bond donors (Lipinski definition) is 1. The van der Waals surface area contributed by atoms with Crippen LogP contribution in [0.5, 0.6) is 0 Å². The Bertz CT molecular complexity index is 810. The molecule has 0 aliphatic heterocycles. The molecule has 2 heterocycles. The zero-order valence-corrected chi connectivity index (χ0v) is 13.4. The Kier molecular flexibility index (Phi) is 4.27. The highest BCUT2D eigenvalue weighted by Crippen LogP contribution is 2.30. The summed E-state index contributed by atoms with van der Waals surface area (Å²) in [5.74, 6) is 1.29. The number of hydrogen-bond acceptors (Lipinski definition) is 4. The topological polar surface area (TPSA) is 55.1 Å². The molecule has 22 heavy (non-hydrogen) atoms. The first-order chi connectivity index (χ1) is 10.6. The summed E-state index contributed by atoms with van der Waals surface area (Å²) in [6.07, 6.45) is 0. The molecule has 0 aliphatic carbocycles. The SMILES string of the molecule is CC(=O)NCc1ccc(-c2csc(-c3cccc(Cl)c3)n2)o1. The first kappa shape index (κ1) is 14.8. The van der Waals surface area contributed by atoms with E-state index in [1.54, 1.807) is 0 Å². The number of carbonyl (C=O) groups is 1. The van der Waals surface area contributed by atoms with Gasteiger partial charge in [0, 0.05) is 22.9 Å². The van der Waals surface area contributed by atoms with Crippen LogP contribution in [-0.4, -0.2) is 10.9 Å². The molecule has 0 radical (unpaired) electrons. The highest BCUT2D eigenvalue weighted by atomic mass is 35.5. The van der Waals surface area contributed by atoms with E-state index in [2.05, 4.69) is 10.3 Å². The van der Waals surface area contributed by atoms with Gasteiger partial charge in [0.2, 0.25) is 5.91 Å². The summed E-state index contributed by atoms with van der Waals surface area (Å²) >= 11 is 7.54. The van der Waals surface area contributed by atoms with Crippen LogP contribution in [0.25, 0.3) is 22.0 Å².